The third-order valence-corrected chi connectivity index (χ3v) is 3.25. The second kappa shape index (κ2) is 6.39. The van der Waals surface area contributed by atoms with Gasteiger partial charge in [-0.3, -0.25) is 4.79 Å². The molecule has 0 atom stereocenters. The maximum atomic E-state index is 11.2. The van der Waals surface area contributed by atoms with Gasteiger partial charge in [0.1, 0.15) is 5.75 Å². The molecule has 2 nitrogen and oxygen atoms in total. The first-order valence-electron chi connectivity index (χ1n) is 6.11. The van der Waals surface area contributed by atoms with Crippen molar-refractivity contribution < 1.29 is 9.53 Å². The number of carbonyl (C=O) groups is 1. The van der Waals surface area contributed by atoms with Gasteiger partial charge in [-0.05, 0) is 53.8 Å². The molecule has 0 aliphatic heterocycles. The van der Waals surface area contributed by atoms with E-state index >= 15 is 0 Å². The van der Waals surface area contributed by atoms with Crippen LogP contribution in [0.3, 0.4) is 0 Å². The lowest BCUT2D eigenvalue weighted by atomic mass is 10.0. The van der Waals surface area contributed by atoms with E-state index in [1.807, 2.05) is 18.2 Å². The Labute approximate surface area is 118 Å². The molecule has 0 heterocycles. The second-order valence-electron chi connectivity index (χ2n) is 4.29. The Balaban J connectivity index is 2.18. The number of methoxy groups -OCH3 is 1. The summed E-state index contributed by atoms with van der Waals surface area (Å²) in [6.07, 6.45) is 1.71. The van der Waals surface area contributed by atoms with Gasteiger partial charge in [0, 0.05) is 5.56 Å². The molecule has 0 N–H and O–H groups in total. The van der Waals surface area contributed by atoms with Crippen molar-refractivity contribution in [3.63, 3.8) is 0 Å². The van der Waals surface area contributed by atoms with Gasteiger partial charge in [0.15, 0.2) is 0 Å². The lowest BCUT2D eigenvalue weighted by Crippen LogP contribution is -1.98. The van der Waals surface area contributed by atoms with Crippen molar-refractivity contribution in [2.45, 2.75) is 12.8 Å². The van der Waals surface area contributed by atoms with Crippen LogP contribution in [0.2, 0.25) is 0 Å². The quantitative estimate of drug-likeness (QED) is 0.774. The van der Waals surface area contributed by atoms with Crippen LogP contribution in [0.1, 0.15) is 21.5 Å². The fraction of sp³-hybridized carbons (Fsp3) is 0.188. The van der Waals surface area contributed by atoms with Crippen LogP contribution in [0.25, 0.3) is 0 Å². The van der Waals surface area contributed by atoms with E-state index in [9.17, 15) is 4.79 Å². The molecule has 0 saturated carbocycles. The van der Waals surface area contributed by atoms with Gasteiger partial charge in [-0.15, -0.1) is 0 Å². The zero-order valence-electron chi connectivity index (χ0n) is 10.7. The smallest absolute Gasteiger partial charge is 0.252 e. The van der Waals surface area contributed by atoms with Crippen LogP contribution in [-0.4, -0.2) is 12.4 Å². The molecule has 0 unspecified atom stereocenters. The predicted molar refractivity (Wildman–Crippen MR) is 77.0 cm³/mol. The molecule has 2 aromatic rings. The topological polar surface area (TPSA) is 26.3 Å². The van der Waals surface area contributed by atoms with Crippen molar-refractivity contribution >= 4 is 16.8 Å². The summed E-state index contributed by atoms with van der Waals surface area (Å²) in [5.41, 5.74) is 2.76. The fourth-order valence-electron chi connectivity index (χ4n) is 2.02. The van der Waals surface area contributed by atoms with Gasteiger partial charge in [-0.25, -0.2) is 0 Å². The lowest BCUT2D eigenvalue weighted by molar-refractivity contribution is 0.108. The molecule has 0 fully saturated rings. The van der Waals surface area contributed by atoms with Gasteiger partial charge in [-0.1, -0.05) is 30.3 Å². The number of rotatable bonds is 5. The highest BCUT2D eigenvalue weighted by molar-refractivity contribution is 6.67. The first-order valence-corrected chi connectivity index (χ1v) is 6.49. The van der Waals surface area contributed by atoms with Crippen molar-refractivity contribution in [3.8, 4) is 5.75 Å². The molecular weight excluding hydrogens is 260 g/mol. The highest BCUT2D eigenvalue weighted by atomic mass is 35.5. The maximum absolute atomic E-state index is 11.2. The van der Waals surface area contributed by atoms with E-state index in [4.69, 9.17) is 16.3 Å². The number of aryl methyl sites for hydroxylation is 2. The van der Waals surface area contributed by atoms with Crippen LogP contribution in [-0.2, 0) is 12.8 Å². The van der Waals surface area contributed by atoms with E-state index in [-0.39, 0.29) is 0 Å². The van der Waals surface area contributed by atoms with Crippen LogP contribution >= 0.6 is 11.6 Å². The summed E-state index contributed by atoms with van der Waals surface area (Å²) in [5, 5.41) is -0.441. The van der Waals surface area contributed by atoms with E-state index in [1.54, 1.807) is 25.3 Å². The van der Waals surface area contributed by atoms with E-state index in [2.05, 4.69) is 12.1 Å². The number of ether oxygens (including phenoxy) is 1. The molecule has 0 spiro atoms. The predicted octanol–water partition coefficient (Wildman–Crippen LogP) is 3.86. The Morgan fingerprint density at radius 3 is 2.47 bits per heavy atom. The van der Waals surface area contributed by atoms with Crippen LogP contribution in [0.4, 0.5) is 0 Å². The van der Waals surface area contributed by atoms with Gasteiger partial charge in [-0.2, -0.15) is 0 Å². The van der Waals surface area contributed by atoms with Gasteiger partial charge < -0.3 is 4.74 Å². The number of benzene rings is 2. The minimum absolute atomic E-state index is 0.441. The van der Waals surface area contributed by atoms with Crippen LogP contribution in [0.15, 0.2) is 48.5 Å². The number of hydrogen-bond donors (Lipinski definition) is 0. The monoisotopic (exact) mass is 274 g/mol. The third kappa shape index (κ3) is 3.58. The van der Waals surface area contributed by atoms with Crippen LogP contribution in [0.5, 0.6) is 5.75 Å². The second-order valence-corrected chi connectivity index (χ2v) is 4.63. The molecule has 0 aromatic heterocycles. The summed E-state index contributed by atoms with van der Waals surface area (Å²) in [6.45, 7) is 0. The van der Waals surface area contributed by atoms with Gasteiger partial charge in [0.05, 0.1) is 7.11 Å². The average molecular weight is 275 g/mol. The number of hydrogen-bond acceptors (Lipinski definition) is 2. The lowest BCUT2D eigenvalue weighted by Gasteiger charge is -2.09. The molecule has 0 saturated heterocycles. The van der Waals surface area contributed by atoms with E-state index < -0.39 is 5.24 Å². The van der Waals surface area contributed by atoms with Crippen molar-refractivity contribution in [1.82, 2.24) is 0 Å². The zero-order valence-corrected chi connectivity index (χ0v) is 11.5. The summed E-state index contributed by atoms with van der Waals surface area (Å²) in [4.78, 5) is 11.2. The molecule has 2 aromatic carbocycles. The molecule has 98 valence electrons. The van der Waals surface area contributed by atoms with Gasteiger partial charge in [0.25, 0.3) is 5.24 Å². The Hall–Kier alpha value is -1.80. The molecule has 0 aliphatic carbocycles. The molecule has 0 radical (unpaired) electrons. The summed E-state index contributed by atoms with van der Waals surface area (Å²) < 4.78 is 5.31. The van der Waals surface area contributed by atoms with Crippen molar-refractivity contribution in [2.24, 2.45) is 0 Å². The minimum atomic E-state index is -0.441. The Morgan fingerprint density at radius 2 is 1.84 bits per heavy atom. The molecule has 19 heavy (non-hydrogen) atoms. The fourth-order valence-corrected chi connectivity index (χ4v) is 2.14. The molecule has 0 bridgehead atoms. The summed E-state index contributed by atoms with van der Waals surface area (Å²) in [5.74, 6) is 0.789. The number of halogens is 1. The van der Waals surface area contributed by atoms with Crippen molar-refractivity contribution in [1.29, 1.82) is 0 Å². The highest BCUT2D eigenvalue weighted by Crippen LogP contribution is 2.22. The minimum Gasteiger partial charge on any atom is -0.496 e. The summed E-state index contributed by atoms with van der Waals surface area (Å²) in [7, 11) is 1.63. The maximum Gasteiger partial charge on any atom is 0.252 e. The Morgan fingerprint density at radius 1 is 1.11 bits per heavy atom. The molecule has 2 rings (SSSR count). The Bertz CT molecular complexity index is 564. The van der Waals surface area contributed by atoms with Crippen molar-refractivity contribution in [2.75, 3.05) is 7.11 Å². The largest absolute Gasteiger partial charge is 0.496 e. The van der Waals surface area contributed by atoms with Crippen molar-refractivity contribution in [3.05, 3.63) is 65.2 Å². The normalized spacial score (nSPS) is 10.2. The summed E-state index contributed by atoms with van der Waals surface area (Å²) >= 11 is 5.51. The molecule has 3 heteroatoms. The average Bonchev–Trinajstić information content (AvgIpc) is 2.45. The van der Waals surface area contributed by atoms with E-state index in [0.29, 0.717) is 5.56 Å². The van der Waals surface area contributed by atoms with E-state index in [0.717, 1.165) is 24.2 Å². The standard InChI is InChI=1S/C16H15ClO2/c1-19-15-10-9-14(16(17)18)11-13(15)8-7-12-5-3-2-4-6-12/h2-6,9-11H,7-8H2,1H3. The first-order chi connectivity index (χ1) is 9.20. The first kappa shape index (κ1) is 13.6. The molecule has 0 aliphatic rings. The Kier molecular flexibility index (Phi) is 4.58. The van der Waals surface area contributed by atoms with E-state index in [1.165, 1.54) is 5.56 Å². The molecular formula is C16H15ClO2. The number of carbonyl (C=O) groups excluding carboxylic acids is 1. The SMILES string of the molecule is COc1ccc(C(=O)Cl)cc1CCc1ccccc1. The molecule has 0 amide bonds. The van der Waals surface area contributed by atoms with Crippen LogP contribution in [0, 0.1) is 0 Å². The van der Waals surface area contributed by atoms with Gasteiger partial charge in [0.2, 0.25) is 0 Å². The van der Waals surface area contributed by atoms with Gasteiger partial charge >= 0.3 is 0 Å². The summed E-state index contributed by atoms with van der Waals surface area (Å²) in [6, 6.07) is 15.5. The van der Waals surface area contributed by atoms with Crippen LogP contribution < -0.4 is 4.74 Å². The zero-order chi connectivity index (χ0) is 13.7. The highest BCUT2D eigenvalue weighted by Gasteiger charge is 2.08. The third-order valence-electron chi connectivity index (χ3n) is 3.03.